The van der Waals surface area contributed by atoms with Gasteiger partial charge >= 0.3 is 0 Å². The molecule has 16 heavy (non-hydrogen) atoms. The number of hydrogen-bond acceptors (Lipinski definition) is 3. The molecule has 0 aliphatic rings. The van der Waals surface area contributed by atoms with Gasteiger partial charge in [-0.3, -0.25) is 0 Å². The third kappa shape index (κ3) is 3.08. The molecule has 0 aromatic carbocycles. The van der Waals surface area contributed by atoms with Crippen LogP contribution in [0.4, 0.5) is 5.82 Å². The van der Waals surface area contributed by atoms with E-state index in [-0.39, 0.29) is 0 Å². The highest BCUT2D eigenvalue weighted by Gasteiger charge is 2.14. The van der Waals surface area contributed by atoms with Crippen LogP contribution >= 0.6 is 11.6 Å². The summed E-state index contributed by atoms with van der Waals surface area (Å²) in [5, 5.41) is 0.578. The van der Waals surface area contributed by atoms with Crippen molar-refractivity contribution in [3.8, 4) is 0 Å². The number of halogens is 1. The summed E-state index contributed by atoms with van der Waals surface area (Å²) in [6.45, 7) is 10.6. The van der Waals surface area contributed by atoms with Crippen LogP contribution in [-0.4, -0.2) is 23.1 Å². The van der Waals surface area contributed by atoms with Crippen molar-refractivity contribution < 1.29 is 0 Å². The molecule has 0 radical (unpaired) electrons. The fraction of sp³-hybridized carbons (Fsp3) is 0.667. The van der Waals surface area contributed by atoms with Crippen molar-refractivity contribution in [1.82, 2.24) is 9.97 Å². The molecule has 0 bridgehead atoms. The zero-order chi connectivity index (χ0) is 12.1. The number of hydrogen-bond donors (Lipinski definition) is 0. The third-order valence-corrected chi connectivity index (χ3v) is 2.82. The van der Waals surface area contributed by atoms with Gasteiger partial charge in [-0.05, 0) is 19.3 Å². The maximum absolute atomic E-state index is 6.09. The quantitative estimate of drug-likeness (QED) is 0.742. The van der Waals surface area contributed by atoms with Crippen LogP contribution in [0.1, 0.15) is 33.3 Å². The Balaban J connectivity index is 3.04. The molecule has 1 rings (SSSR count). The predicted octanol–water partition coefficient (Wildman–Crippen LogP) is 3.17. The van der Waals surface area contributed by atoms with Gasteiger partial charge in [0.25, 0.3) is 0 Å². The van der Waals surface area contributed by atoms with Crippen molar-refractivity contribution in [3.63, 3.8) is 0 Å². The second kappa shape index (κ2) is 6.04. The minimum absolute atomic E-state index is 0.578. The number of nitrogens with zero attached hydrogens (tertiary/aromatic N) is 3. The van der Waals surface area contributed by atoms with Crippen LogP contribution in [0.5, 0.6) is 0 Å². The fourth-order valence-corrected chi connectivity index (χ4v) is 2.03. The Morgan fingerprint density at radius 2 is 2.00 bits per heavy atom. The van der Waals surface area contributed by atoms with Gasteiger partial charge in [0.1, 0.15) is 17.3 Å². The number of anilines is 1. The van der Waals surface area contributed by atoms with Crippen molar-refractivity contribution in [2.24, 2.45) is 5.92 Å². The van der Waals surface area contributed by atoms with Crippen molar-refractivity contribution >= 4 is 17.4 Å². The lowest BCUT2D eigenvalue weighted by Crippen LogP contribution is -2.29. The third-order valence-electron chi connectivity index (χ3n) is 2.49. The summed E-state index contributed by atoms with van der Waals surface area (Å²) in [7, 11) is 0. The van der Waals surface area contributed by atoms with E-state index in [1.54, 1.807) is 6.33 Å². The van der Waals surface area contributed by atoms with E-state index in [1.807, 2.05) is 0 Å². The second-order valence-corrected chi connectivity index (χ2v) is 4.61. The van der Waals surface area contributed by atoms with Gasteiger partial charge in [-0.25, -0.2) is 9.97 Å². The molecule has 1 aromatic rings. The highest BCUT2D eigenvalue weighted by Crippen LogP contribution is 2.24. The number of aromatic nitrogens is 2. The first-order chi connectivity index (χ1) is 7.60. The molecule has 1 aromatic heterocycles. The van der Waals surface area contributed by atoms with E-state index in [1.165, 1.54) is 0 Å². The van der Waals surface area contributed by atoms with Crippen LogP contribution in [0.3, 0.4) is 0 Å². The molecule has 0 aliphatic heterocycles. The Kier molecular flexibility index (Phi) is 5.00. The van der Waals surface area contributed by atoms with Crippen LogP contribution in [0, 0.1) is 5.92 Å². The van der Waals surface area contributed by atoms with Gasteiger partial charge in [0.2, 0.25) is 0 Å². The molecular weight excluding hydrogens is 222 g/mol. The zero-order valence-electron chi connectivity index (χ0n) is 10.5. The summed E-state index contributed by atoms with van der Waals surface area (Å²) in [6, 6.07) is 0. The molecule has 0 amide bonds. The molecule has 0 aliphatic carbocycles. The van der Waals surface area contributed by atoms with Gasteiger partial charge in [0.15, 0.2) is 0 Å². The maximum Gasteiger partial charge on any atom is 0.137 e. The SMILES string of the molecule is CCc1c(Cl)ncnc1N(CC)CC(C)C. The van der Waals surface area contributed by atoms with Crippen LogP contribution in [-0.2, 0) is 6.42 Å². The van der Waals surface area contributed by atoms with E-state index >= 15 is 0 Å². The lowest BCUT2D eigenvalue weighted by molar-refractivity contribution is 0.612. The van der Waals surface area contributed by atoms with Crippen molar-refractivity contribution in [2.75, 3.05) is 18.0 Å². The molecule has 90 valence electrons. The van der Waals surface area contributed by atoms with Gasteiger partial charge in [-0.2, -0.15) is 0 Å². The highest BCUT2D eigenvalue weighted by atomic mass is 35.5. The van der Waals surface area contributed by atoms with E-state index in [0.29, 0.717) is 11.1 Å². The standard InChI is InChI=1S/C12H20ClN3/c1-5-10-11(13)14-8-15-12(10)16(6-2)7-9(3)4/h8-9H,5-7H2,1-4H3. The van der Waals surface area contributed by atoms with Gasteiger partial charge in [-0.15, -0.1) is 0 Å². The maximum atomic E-state index is 6.09. The largest absolute Gasteiger partial charge is 0.356 e. The van der Waals surface area contributed by atoms with E-state index in [2.05, 4.69) is 42.6 Å². The van der Waals surface area contributed by atoms with E-state index in [0.717, 1.165) is 30.9 Å². The minimum Gasteiger partial charge on any atom is -0.356 e. The first kappa shape index (κ1) is 13.2. The smallest absolute Gasteiger partial charge is 0.137 e. The molecule has 0 atom stereocenters. The average Bonchev–Trinajstić information content (AvgIpc) is 2.25. The van der Waals surface area contributed by atoms with E-state index in [4.69, 9.17) is 11.6 Å². The summed E-state index contributed by atoms with van der Waals surface area (Å²) in [5.41, 5.74) is 1.05. The van der Waals surface area contributed by atoms with Gasteiger partial charge in [0, 0.05) is 18.7 Å². The van der Waals surface area contributed by atoms with Crippen molar-refractivity contribution in [1.29, 1.82) is 0 Å². The summed E-state index contributed by atoms with van der Waals surface area (Å²) < 4.78 is 0. The van der Waals surface area contributed by atoms with Gasteiger partial charge < -0.3 is 4.90 Å². The molecule has 0 fully saturated rings. The topological polar surface area (TPSA) is 29.0 Å². The Bertz CT molecular complexity index is 339. The molecule has 0 saturated heterocycles. The zero-order valence-corrected chi connectivity index (χ0v) is 11.3. The minimum atomic E-state index is 0.578. The summed E-state index contributed by atoms with van der Waals surface area (Å²) in [4.78, 5) is 10.7. The fourth-order valence-electron chi connectivity index (χ4n) is 1.76. The van der Waals surface area contributed by atoms with Crippen molar-refractivity contribution in [3.05, 3.63) is 17.0 Å². The lowest BCUT2D eigenvalue weighted by Gasteiger charge is -2.26. The Hall–Kier alpha value is -0.830. The predicted molar refractivity (Wildman–Crippen MR) is 69.1 cm³/mol. The number of rotatable bonds is 5. The summed E-state index contributed by atoms with van der Waals surface area (Å²) in [5.74, 6) is 1.59. The second-order valence-electron chi connectivity index (χ2n) is 4.25. The Labute approximate surface area is 103 Å². The average molecular weight is 242 g/mol. The first-order valence-electron chi connectivity index (χ1n) is 5.84. The molecule has 0 spiro atoms. The monoisotopic (exact) mass is 241 g/mol. The van der Waals surface area contributed by atoms with Crippen LogP contribution in [0.25, 0.3) is 0 Å². The molecule has 4 heteroatoms. The van der Waals surface area contributed by atoms with Crippen LogP contribution in [0.2, 0.25) is 5.15 Å². The van der Waals surface area contributed by atoms with Gasteiger partial charge in [0.05, 0.1) is 0 Å². The molecule has 3 nitrogen and oxygen atoms in total. The Morgan fingerprint density at radius 1 is 1.31 bits per heavy atom. The van der Waals surface area contributed by atoms with E-state index < -0.39 is 0 Å². The van der Waals surface area contributed by atoms with Crippen molar-refractivity contribution in [2.45, 2.75) is 34.1 Å². The van der Waals surface area contributed by atoms with Crippen LogP contribution < -0.4 is 4.90 Å². The normalized spacial score (nSPS) is 10.9. The highest BCUT2D eigenvalue weighted by molar-refractivity contribution is 6.30. The summed E-state index contributed by atoms with van der Waals surface area (Å²) in [6.07, 6.45) is 2.41. The molecule has 0 saturated carbocycles. The van der Waals surface area contributed by atoms with E-state index in [9.17, 15) is 0 Å². The Morgan fingerprint density at radius 3 is 2.50 bits per heavy atom. The molecule has 0 unspecified atom stereocenters. The molecule has 0 N–H and O–H groups in total. The first-order valence-corrected chi connectivity index (χ1v) is 6.22. The van der Waals surface area contributed by atoms with Gasteiger partial charge in [-0.1, -0.05) is 32.4 Å². The van der Waals surface area contributed by atoms with Crippen LogP contribution in [0.15, 0.2) is 6.33 Å². The summed E-state index contributed by atoms with van der Waals surface area (Å²) >= 11 is 6.09. The molecule has 1 heterocycles. The molecular formula is C12H20ClN3. The lowest BCUT2D eigenvalue weighted by atomic mass is 10.1.